The molecule has 0 aliphatic heterocycles. The number of hydrogen-bond acceptors (Lipinski definition) is 7. The summed E-state index contributed by atoms with van der Waals surface area (Å²) in [5, 5.41) is 11.1. The lowest BCUT2D eigenvalue weighted by atomic mass is 10.3. The van der Waals surface area contributed by atoms with Gasteiger partial charge in [-0.15, -0.1) is 21.5 Å². The molecule has 7 nitrogen and oxygen atoms in total. The van der Waals surface area contributed by atoms with Crippen LogP contribution in [0.3, 0.4) is 0 Å². The van der Waals surface area contributed by atoms with E-state index < -0.39 is 0 Å². The van der Waals surface area contributed by atoms with Gasteiger partial charge in [0.25, 0.3) is 5.56 Å². The number of halogens is 1. The topological polar surface area (TPSA) is 74.3 Å². The van der Waals surface area contributed by atoms with Crippen molar-refractivity contribution in [1.82, 2.24) is 24.1 Å². The molecule has 150 valence electrons. The van der Waals surface area contributed by atoms with E-state index in [1.165, 1.54) is 39.6 Å². The van der Waals surface area contributed by atoms with E-state index in [0.29, 0.717) is 34.5 Å². The van der Waals surface area contributed by atoms with Crippen molar-refractivity contribution in [2.75, 3.05) is 0 Å². The highest BCUT2D eigenvalue weighted by Crippen LogP contribution is 2.26. The Balaban J connectivity index is 1.50. The van der Waals surface area contributed by atoms with Crippen LogP contribution in [-0.4, -0.2) is 24.1 Å². The van der Waals surface area contributed by atoms with Crippen molar-refractivity contribution in [1.29, 1.82) is 0 Å². The fraction of sp³-hybridized carbons (Fsp3) is 0.263. The Bertz CT molecular complexity index is 1190. The van der Waals surface area contributed by atoms with E-state index in [0.717, 1.165) is 5.16 Å². The van der Waals surface area contributed by atoms with Gasteiger partial charge in [0.1, 0.15) is 11.6 Å². The van der Waals surface area contributed by atoms with Crippen molar-refractivity contribution < 1.29 is 9.13 Å². The molecule has 0 spiro atoms. The van der Waals surface area contributed by atoms with Crippen LogP contribution in [0.5, 0.6) is 5.75 Å². The lowest BCUT2D eigenvalue weighted by molar-refractivity contribution is 0.209. The number of benzene rings is 1. The molecule has 0 fully saturated rings. The van der Waals surface area contributed by atoms with Gasteiger partial charge in [0.2, 0.25) is 0 Å². The Hall–Kier alpha value is -2.72. The number of aromatic nitrogens is 5. The van der Waals surface area contributed by atoms with Crippen LogP contribution in [0.4, 0.5) is 4.39 Å². The van der Waals surface area contributed by atoms with Gasteiger partial charge in [-0.05, 0) is 38.1 Å². The first-order valence-electron chi connectivity index (χ1n) is 8.99. The summed E-state index contributed by atoms with van der Waals surface area (Å²) in [7, 11) is 0. The number of rotatable bonds is 7. The van der Waals surface area contributed by atoms with Crippen molar-refractivity contribution in [3.05, 3.63) is 69.6 Å². The standard InChI is InChI=1S/C19H18FN5O2S2/c1-3-24-17(12(2)27-15-6-4-13(20)5-7-15)22-23-19(24)29-11-14-10-16(26)25-8-9-28-18(25)21-14/h4-10,12H,3,11H2,1-2H3. The van der Waals surface area contributed by atoms with Crippen molar-refractivity contribution >= 4 is 28.1 Å². The molecule has 0 aliphatic carbocycles. The quantitative estimate of drug-likeness (QED) is 0.413. The van der Waals surface area contributed by atoms with Crippen LogP contribution < -0.4 is 10.3 Å². The molecule has 3 heterocycles. The average Bonchev–Trinajstić information content (AvgIpc) is 3.34. The third-order valence-electron chi connectivity index (χ3n) is 4.26. The van der Waals surface area contributed by atoms with Gasteiger partial charge >= 0.3 is 0 Å². The van der Waals surface area contributed by atoms with Gasteiger partial charge in [0.05, 0.1) is 5.69 Å². The predicted octanol–water partition coefficient (Wildman–Crippen LogP) is 3.94. The molecule has 0 saturated heterocycles. The second-order valence-electron chi connectivity index (χ2n) is 6.23. The second-order valence-corrected chi connectivity index (χ2v) is 8.04. The average molecular weight is 432 g/mol. The van der Waals surface area contributed by atoms with Crippen LogP contribution in [0, 0.1) is 5.82 Å². The monoisotopic (exact) mass is 431 g/mol. The maximum Gasteiger partial charge on any atom is 0.258 e. The summed E-state index contributed by atoms with van der Waals surface area (Å²) in [6.07, 6.45) is 1.36. The third kappa shape index (κ3) is 4.18. The molecule has 3 aromatic heterocycles. The molecule has 4 aromatic rings. The van der Waals surface area contributed by atoms with E-state index in [-0.39, 0.29) is 17.5 Å². The van der Waals surface area contributed by atoms with E-state index in [2.05, 4.69) is 15.2 Å². The zero-order valence-corrected chi connectivity index (χ0v) is 17.4. The normalized spacial score (nSPS) is 12.4. The van der Waals surface area contributed by atoms with E-state index >= 15 is 0 Å². The van der Waals surface area contributed by atoms with E-state index in [1.54, 1.807) is 24.4 Å². The smallest absolute Gasteiger partial charge is 0.258 e. The van der Waals surface area contributed by atoms with E-state index in [1.807, 2.05) is 23.8 Å². The minimum atomic E-state index is -0.354. The Morgan fingerprint density at radius 2 is 2.07 bits per heavy atom. The maximum atomic E-state index is 13.1. The zero-order valence-electron chi connectivity index (χ0n) is 15.8. The van der Waals surface area contributed by atoms with Gasteiger partial charge in [-0.25, -0.2) is 9.37 Å². The minimum absolute atomic E-state index is 0.0918. The summed E-state index contributed by atoms with van der Waals surface area (Å²) < 4.78 is 22.4. The molecule has 4 rings (SSSR count). The third-order valence-corrected chi connectivity index (χ3v) is 6.01. The fourth-order valence-electron chi connectivity index (χ4n) is 2.88. The molecular weight excluding hydrogens is 413 g/mol. The molecule has 1 aromatic carbocycles. The molecule has 0 bridgehead atoms. The van der Waals surface area contributed by atoms with Crippen LogP contribution >= 0.6 is 23.1 Å². The van der Waals surface area contributed by atoms with Gasteiger partial charge in [-0.2, -0.15) is 0 Å². The molecule has 0 aliphatic rings. The number of fused-ring (bicyclic) bond motifs is 1. The molecule has 0 amide bonds. The molecule has 1 unspecified atom stereocenters. The number of nitrogens with zero attached hydrogens (tertiary/aromatic N) is 5. The molecule has 0 radical (unpaired) electrons. The molecule has 0 N–H and O–H groups in total. The Kier molecular flexibility index (Phi) is 5.63. The summed E-state index contributed by atoms with van der Waals surface area (Å²) in [5.41, 5.74) is 0.607. The molecule has 10 heteroatoms. The molecule has 1 atom stereocenters. The van der Waals surface area contributed by atoms with Gasteiger partial charge in [-0.3, -0.25) is 9.20 Å². The lowest BCUT2D eigenvalue weighted by Crippen LogP contribution is -2.13. The Morgan fingerprint density at radius 3 is 2.83 bits per heavy atom. The van der Waals surface area contributed by atoms with Gasteiger partial charge in [0, 0.05) is 29.9 Å². The van der Waals surface area contributed by atoms with Crippen molar-refractivity contribution in [3.63, 3.8) is 0 Å². The Labute approximate surface area is 174 Å². The van der Waals surface area contributed by atoms with E-state index in [4.69, 9.17) is 4.74 Å². The Morgan fingerprint density at radius 1 is 1.28 bits per heavy atom. The summed E-state index contributed by atoms with van der Waals surface area (Å²) in [6.45, 7) is 4.55. The van der Waals surface area contributed by atoms with Crippen LogP contribution in [0.2, 0.25) is 0 Å². The van der Waals surface area contributed by atoms with Gasteiger partial charge in [-0.1, -0.05) is 11.8 Å². The largest absolute Gasteiger partial charge is 0.483 e. The number of hydrogen-bond donors (Lipinski definition) is 0. The highest BCUT2D eigenvalue weighted by atomic mass is 32.2. The molecule has 0 saturated carbocycles. The first-order chi connectivity index (χ1) is 14.0. The van der Waals surface area contributed by atoms with Gasteiger partial charge in [0.15, 0.2) is 22.0 Å². The summed E-state index contributed by atoms with van der Waals surface area (Å²) in [5.74, 6) is 1.44. The maximum absolute atomic E-state index is 13.1. The first-order valence-corrected chi connectivity index (χ1v) is 10.9. The highest BCUT2D eigenvalue weighted by Gasteiger charge is 2.19. The van der Waals surface area contributed by atoms with E-state index in [9.17, 15) is 9.18 Å². The first kappa shape index (κ1) is 19.6. The van der Waals surface area contributed by atoms with Crippen molar-refractivity contribution in [3.8, 4) is 5.75 Å². The van der Waals surface area contributed by atoms with Gasteiger partial charge < -0.3 is 9.30 Å². The number of thiazole rings is 1. The zero-order chi connectivity index (χ0) is 20.4. The summed E-state index contributed by atoms with van der Waals surface area (Å²) in [6, 6.07) is 7.42. The summed E-state index contributed by atoms with van der Waals surface area (Å²) >= 11 is 2.89. The van der Waals surface area contributed by atoms with Crippen LogP contribution in [-0.2, 0) is 12.3 Å². The van der Waals surface area contributed by atoms with Crippen molar-refractivity contribution in [2.24, 2.45) is 0 Å². The minimum Gasteiger partial charge on any atom is -0.483 e. The van der Waals surface area contributed by atoms with Crippen molar-refractivity contribution in [2.45, 2.75) is 37.4 Å². The lowest BCUT2D eigenvalue weighted by Gasteiger charge is -2.15. The predicted molar refractivity (Wildman–Crippen MR) is 110 cm³/mol. The second kappa shape index (κ2) is 8.34. The van der Waals surface area contributed by atoms with Crippen LogP contribution in [0.25, 0.3) is 4.96 Å². The number of thioether (sulfide) groups is 1. The summed E-state index contributed by atoms with van der Waals surface area (Å²) in [4.78, 5) is 17.3. The molecule has 29 heavy (non-hydrogen) atoms. The van der Waals surface area contributed by atoms with Crippen LogP contribution in [0.15, 0.2) is 51.9 Å². The fourth-order valence-corrected chi connectivity index (χ4v) is 4.52. The highest BCUT2D eigenvalue weighted by molar-refractivity contribution is 7.98. The SMILES string of the molecule is CCn1c(SCc2cc(=O)n3ccsc3n2)nnc1C(C)Oc1ccc(F)cc1. The molecular formula is C19H18FN5O2S2. The number of ether oxygens (including phenoxy) is 1. The van der Waals surface area contributed by atoms with Crippen LogP contribution in [0.1, 0.15) is 31.5 Å².